The van der Waals surface area contributed by atoms with Gasteiger partial charge in [-0.3, -0.25) is 14.3 Å². The summed E-state index contributed by atoms with van der Waals surface area (Å²) < 4.78 is 7.72. The van der Waals surface area contributed by atoms with Gasteiger partial charge < -0.3 is 25.4 Å². The summed E-state index contributed by atoms with van der Waals surface area (Å²) in [5, 5.41) is 20.3. The summed E-state index contributed by atoms with van der Waals surface area (Å²) in [6.07, 6.45) is 3.24. The lowest BCUT2D eigenvalue weighted by atomic mass is 10.00. The number of carbonyl (C=O) groups is 3. The molecule has 43 heavy (non-hydrogen) atoms. The van der Waals surface area contributed by atoms with Crippen LogP contribution in [0.5, 0.6) is 5.75 Å². The van der Waals surface area contributed by atoms with Crippen molar-refractivity contribution in [2.45, 2.75) is 64.6 Å². The van der Waals surface area contributed by atoms with Gasteiger partial charge in [-0.1, -0.05) is 27.8 Å². The molecule has 3 aromatic rings. The Hall–Kier alpha value is -4.30. The van der Waals surface area contributed by atoms with Gasteiger partial charge >= 0.3 is 6.09 Å². The van der Waals surface area contributed by atoms with E-state index in [1.54, 1.807) is 88.1 Å². The Kier molecular flexibility index (Phi) is 9.81. The molecule has 0 radical (unpaired) electrons. The summed E-state index contributed by atoms with van der Waals surface area (Å²) in [4.78, 5) is 40.2. The molecule has 4 rings (SSSR count). The number of aryl methyl sites for hydroxylation is 1. The van der Waals surface area contributed by atoms with Gasteiger partial charge in [0.1, 0.15) is 29.1 Å². The second-order valence-corrected chi connectivity index (χ2v) is 12.4. The Labute approximate surface area is 259 Å². The number of likely N-dealkylation sites (tertiary alicyclic amines) is 1. The number of hydrogen-bond acceptors (Lipinski definition) is 6. The zero-order chi connectivity index (χ0) is 31.3. The maximum Gasteiger partial charge on any atom is 0.408 e. The number of phenols is 1. The molecule has 0 unspecified atom stereocenters. The number of aromatic nitrogens is 2. The lowest BCUT2D eigenvalue weighted by Gasteiger charge is -2.36. The average Bonchev–Trinajstić information content (AvgIpc) is 3.32. The van der Waals surface area contributed by atoms with Crippen molar-refractivity contribution < 1.29 is 24.2 Å². The van der Waals surface area contributed by atoms with Gasteiger partial charge in [0.25, 0.3) is 0 Å². The highest BCUT2D eigenvalue weighted by molar-refractivity contribution is 9.10. The van der Waals surface area contributed by atoms with Crippen molar-refractivity contribution in [3.8, 4) is 28.8 Å². The Morgan fingerprint density at radius 3 is 2.53 bits per heavy atom. The summed E-state index contributed by atoms with van der Waals surface area (Å²) in [5.74, 6) is 5.74. The minimum atomic E-state index is -0.839. The van der Waals surface area contributed by atoms with E-state index in [-0.39, 0.29) is 17.6 Å². The Morgan fingerprint density at radius 2 is 1.84 bits per heavy atom. The number of carbonyl (C=O) groups excluding carboxylic acids is 3. The van der Waals surface area contributed by atoms with Crippen LogP contribution < -0.4 is 10.6 Å². The number of phenolic OH excluding ortho intramolecular Hbond substituents is 1. The number of alkyl carbamates (subject to hydrolysis) is 1. The summed E-state index contributed by atoms with van der Waals surface area (Å²) in [6.45, 7) is 7.26. The third-order valence-electron chi connectivity index (χ3n) is 6.73. The van der Waals surface area contributed by atoms with Crippen LogP contribution in [0, 0.1) is 11.8 Å². The molecule has 0 spiro atoms. The zero-order valence-corrected chi connectivity index (χ0v) is 26.5. The topological polar surface area (TPSA) is 126 Å². The molecular weight excluding hydrogens is 614 g/mol. The fourth-order valence-corrected chi connectivity index (χ4v) is 5.10. The Balaban J connectivity index is 1.42. The first-order chi connectivity index (χ1) is 20.3. The molecule has 3 N–H and O–H groups in total. The van der Waals surface area contributed by atoms with E-state index in [0.717, 1.165) is 22.9 Å². The molecule has 10 nitrogen and oxygen atoms in total. The first kappa shape index (κ1) is 31.6. The van der Waals surface area contributed by atoms with Crippen LogP contribution in [0.25, 0.3) is 11.3 Å². The third kappa shape index (κ3) is 8.38. The van der Waals surface area contributed by atoms with Gasteiger partial charge in [-0.25, -0.2) is 4.79 Å². The van der Waals surface area contributed by atoms with Crippen LogP contribution in [0.1, 0.15) is 58.1 Å². The Bertz CT molecular complexity index is 1570. The van der Waals surface area contributed by atoms with E-state index < -0.39 is 23.8 Å². The quantitative estimate of drug-likeness (QED) is 0.327. The van der Waals surface area contributed by atoms with E-state index in [2.05, 4.69) is 43.5 Å². The van der Waals surface area contributed by atoms with Crippen LogP contribution in [0.3, 0.4) is 0 Å². The van der Waals surface area contributed by atoms with Crippen molar-refractivity contribution in [1.29, 1.82) is 0 Å². The van der Waals surface area contributed by atoms with Crippen molar-refractivity contribution in [2.24, 2.45) is 7.05 Å². The molecule has 2 atom stereocenters. The van der Waals surface area contributed by atoms with Gasteiger partial charge in [-0.2, -0.15) is 5.10 Å². The van der Waals surface area contributed by atoms with Gasteiger partial charge in [0.2, 0.25) is 11.8 Å². The number of nitrogens with zero attached hydrogens (tertiary/aromatic N) is 3. The Morgan fingerprint density at radius 1 is 1.12 bits per heavy atom. The number of piperidine rings is 1. The van der Waals surface area contributed by atoms with Crippen LogP contribution >= 0.6 is 15.9 Å². The number of aromatic hydroxyl groups is 1. The lowest BCUT2D eigenvalue weighted by Crippen LogP contribution is -2.56. The molecule has 1 fully saturated rings. The number of nitrogens with one attached hydrogen (secondary N) is 2. The van der Waals surface area contributed by atoms with Crippen molar-refractivity contribution in [1.82, 2.24) is 20.0 Å². The summed E-state index contributed by atoms with van der Waals surface area (Å²) >= 11 is 3.43. The minimum absolute atomic E-state index is 0.108. The van der Waals surface area contributed by atoms with Crippen molar-refractivity contribution in [2.75, 3.05) is 11.9 Å². The molecule has 1 aliphatic heterocycles. The largest absolute Gasteiger partial charge is 0.507 e. The molecule has 0 bridgehead atoms. The second kappa shape index (κ2) is 13.3. The van der Waals surface area contributed by atoms with Crippen molar-refractivity contribution >= 4 is 39.5 Å². The minimum Gasteiger partial charge on any atom is -0.507 e. The fraction of sp³-hybridized carbons (Fsp3) is 0.375. The van der Waals surface area contributed by atoms with Crippen LogP contribution in [-0.2, 0) is 21.4 Å². The predicted molar refractivity (Wildman–Crippen MR) is 167 cm³/mol. The number of amides is 3. The average molecular weight is 651 g/mol. The highest BCUT2D eigenvalue weighted by atomic mass is 79.9. The number of hydrogen-bond donors (Lipinski definition) is 3. The van der Waals surface area contributed by atoms with Crippen LogP contribution in [-0.4, -0.2) is 61.9 Å². The first-order valence-corrected chi connectivity index (χ1v) is 14.9. The molecule has 1 aromatic heterocycles. The smallest absolute Gasteiger partial charge is 0.408 e. The molecule has 1 saturated heterocycles. The highest BCUT2D eigenvalue weighted by Gasteiger charge is 2.35. The summed E-state index contributed by atoms with van der Waals surface area (Å²) in [5.41, 5.74) is 2.41. The van der Waals surface area contributed by atoms with Gasteiger partial charge in [0.15, 0.2) is 0 Å². The number of ether oxygens (including phenoxy) is 1. The first-order valence-electron chi connectivity index (χ1n) is 14.1. The monoisotopic (exact) mass is 649 g/mol. The summed E-state index contributed by atoms with van der Waals surface area (Å²) in [7, 11) is 1.79. The SMILES string of the molecule is C[C@@H](NC(=O)OC(C)(C)C)C(=O)N1CCCC[C@H]1C(=O)Nc1ccc(C#Cc2cn(C)nc2-c2cc(Br)ccc2O)cc1. The van der Waals surface area contributed by atoms with Crippen LogP contribution in [0.15, 0.2) is 53.1 Å². The molecule has 0 saturated carbocycles. The predicted octanol–water partition coefficient (Wildman–Crippen LogP) is 5.19. The van der Waals surface area contributed by atoms with Gasteiger partial charge in [-0.05, 0) is 89.4 Å². The maximum atomic E-state index is 13.3. The van der Waals surface area contributed by atoms with E-state index in [0.29, 0.717) is 35.5 Å². The highest BCUT2D eigenvalue weighted by Crippen LogP contribution is 2.32. The lowest BCUT2D eigenvalue weighted by molar-refractivity contribution is -0.141. The molecule has 3 amide bonds. The molecule has 1 aliphatic rings. The van der Waals surface area contributed by atoms with Crippen molar-refractivity contribution in [3.63, 3.8) is 0 Å². The number of anilines is 1. The molecule has 2 aromatic carbocycles. The van der Waals surface area contributed by atoms with Gasteiger partial charge in [-0.15, -0.1) is 0 Å². The molecule has 2 heterocycles. The van der Waals surface area contributed by atoms with Gasteiger partial charge in [0, 0.05) is 41.1 Å². The van der Waals surface area contributed by atoms with E-state index in [4.69, 9.17) is 4.74 Å². The zero-order valence-electron chi connectivity index (χ0n) is 24.9. The van der Waals surface area contributed by atoms with Crippen LogP contribution in [0.2, 0.25) is 0 Å². The fourth-order valence-electron chi connectivity index (χ4n) is 4.74. The molecular formula is C32H36BrN5O5. The van der Waals surface area contributed by atoms with Crippen LogP contribution in [0.4, 0.5) is 10.5 Å². The second-order valence-electron chi connectivity index (χ2n) is 11.5. The van der Waals surface area contributed by atoms with E-state index in [1.165, 1.54) is 4.90 Å². The number of rotatable bonds is 5. The molecule has 11 heteroatoms. The standard InChI is InChI=1S/C32H36BrN5O5/c1-20(34-31(42)43-32(2,3)4)30(41)38-17-7-6-8-26(38)29(40)35-24-14-10-21(11-15-24)9-12-22-19-37(5)36-28(22)25-18-23(33)13-16-27(25)39/h10-11,13-16,18-20,26,39H,6-8,17H2,1-5H3,(H,34,42)(H,35,40)/t20-,26+/m1/s1. The van der Waals surface area contributed by atoms with E-state index in [1.807, 2.05) is 0 Å². The maximum absolute atomic E-state index is 13.3. The normalized spacial score (nSPS) is 15.6. The molecule has 226 valence electrons. The van der Waals surface area contributed by atoms with E-state index in [9.17, 15) is 19.5 Å². The van der Waals surface area contributed by atoms with Crippen molar-refractivity contribution in [3.05, 3.63) is 64.3 Å². The third-order valence-corrected chi connectivity index (χ3v) is 7.22. The number of halogens is 1. The van der Waals surface area contributed by atoms with E-state index >= 15 is 0 Å². The number of benzene rings is 2. The summed E-state index contributed by atoms with van der Waals surface area (Å²) in [6, 6.07) is 10.8. The molecule has 0 aliphatic carbocycles. The van der Waals surface area contributed by atoms with Gasteiger partial charge in [0.05, 0.1) is 5.56 Å².